The maximum Gasteiger partial charge on any atom is 0.328 e. The molecular weight excluding hydrogens is 260 g/mol. The van der Waals surface area contributed by atoms with Crippen molar-refractivity contribution >= 4 is 11.9 Å². The fourth-order valence-corrected chi connectivity index (χ4v) is 1.40. The third-order valence-corrected chi connectivity index (χ3v) is 2.23. The molecule has 0 atom stereocenters. The predicted octanol–water partition coefficient (Wildman–Crippen LogP) is 0.759. The van der Waals surface area contributed by atoms with Crippen molar-refractivity contribution in [3.05, 3.63) is 35.4 Å². The van der Waals surface area contributed by atoms with Crippen LogP contribution in [-0.2, 0) is 0 Å². The second-order valence-corrected chi connectivity index (χ2v) is 3.78. The number of hydrogen-bond donors (Lipinski definition) is 2. The van der Waals surface area contributed by atoms with Crippen LogP contribution in [0, 0.1) is 18.8 Å². The van der Waals surface area contributed by atoms with E-state index in [0.29, 0.717) is 17.8 Å². The molecule has 2 aromatic heterocycles. The second kappa shape index (κ2) is 6.45. The van der Waals surface area contributed by atoms with Crippen LogP contribution in [0.4, 0.5) is 6.01 Å². The number of hydrogen-bond acceptors (Lipinski definition) is 6. The van der Waals surface area contributed by atoms with Crippen LogP contribution in [0.1, 0.15) is 28.3 Å². The first-order valence-corrected chi connectivity index (χ1v) is 5.87. The van der Waals surface area contributed by atoms with Crippen molar-refractivity contribution in [1.82, 2.24) is 15.1 Å². The number of anilines is 1. The lowest BCUT2D eigenvalue weighted by molar-refractivity contribution is 0.101. The summed E-state index contributed by atoms with van der Waals surface area (Å²) >= 11 is 0. The van der Waals surface area contributed by atoms with Gasteiger partial charge in [0.1, 0.15) is 5.69 Å². The summed E-state index contributed by atoms with van der Waals surface area (Å²) in [5.74, 6) is 5.47. The van der Waals surface area contributed by atoms with Gasteiger partial charge in [-0.2, -0.15) is 4.98 Å². The van der Waals surface area contributed by atoms with Crippen molar-refractivity contribution < 1.29 is 14.4 Å². The fourth-order valence-electron chi connectivity index (χ4n) is 1.40. The summed E-state index contributed by atoms with van der Waals surface area (Å²) in [5.41, 5.74) is 0.628. The smallest absolute Gasteiger partial charge is 0.328 e. The lowest BCUT2D eigenvalue weighted by Crippen LogP contribution is -2.15. The summed E-state index contributed by atoms with van der Waals surface area (Å²) in [6.45, 7) is 1.61. The number of aliphatic hydroxyl groups is 1. The largest absolute Gasteiger partial charge is 0.395 e. The number of aryl methyl sites for hydroxylation is 1. The minimum Gasteiger partial charge on any atom is -0.395 e. The van der Waals surface area contributed by atoms with Crippen molar-refractivity contribution in [2.75, 3.05) is 11.9 Å². The minimum atomic E-state index is -0.484. The summed E-state index contributed by atoms with van der Waals surface area (Å²) in [4.78, 5) is 19.9. The van der Waals surface area contributed by atoms with Crippen LogP contribution in [-0.4, -0.2) is 32.7 Å². The first kappa shape index (κ1) is 13.7. The topological polar surface area (TPSA) is 101 Å². The molecule has 0 aliphatic carbocycles. The van der Waals surface area contributed by atoms with Gasteiger partial charge >= 0.3 is 6.01 Å². The normalized spacial score (nSPS) is 9.70. The molecule has 0 fully saturated rings. The average Bonchev–Trinajstić information content (AvgIpc) is 2.85. The number of carbonyl (C=O) groups is 1. The number of carbonyl (C=O) groups excluding carboxylic acids is 1. The highest BCUT2D eigenvalue weighted by molar-refractivity contribution is 6.03. The van der Waals surface area contributed by atoms with Crippen molar-refractivity contribution in [1.29, 1.82) is 0 Å². The van der Waals surface area contributed by atoms with Gasteiger partial charge in [-0.15, -0.1) is 0 Å². The molecule has 102 valence electrons. The Bertz CT molecular complexity index is 669. The third-order valence-electron chi connectivity index (χ3n) is 2.23. The van der Waals surface area contributed by atoms with Crippen molar-refractivity contribution in [2.45, 2.75) is 13.3 Å². The number of nitrogens with one attached hydrogen (secondary N) is 1. The zero-order chi connectivity index (χ0) is 14.4. The quantitative estimate of drug-likeness (QED) is 0.800. The number of pyridine rings is 1. The van der Waals surface area contributed by atoms with Gasteiger partial charge in [0, 0.05) is 12.6 Å². The van der Waals surface area contributed by atoms with E-state index in [9.17, 15) is 4.79 Å². The number of aliphatic hydroxyl groups excluding tert-OH is 1. The monoisotopic (exact) mass is 272 g/mol. The number of nitrogens with zero attached hydrogens (tertiary/aromatic N) is 3. The first-order chi connectivity index (χ1) is 9.70. The molecule has 0 bridgehead atoms. The lowest BCUT2D eigenvalue weighted by Gasteiger charge is -2.01. The first-order valence-electron chi connectivity index (χ1n) is 5.87. The van der Waals surface area contributed by atoms with Gasteiger partial charge < -0.3 is 9.63 Å². The summed E-state index contributed by atoms with van der Waals surface area (Å²) in [6.07, 6.45) is 1.82. The molecule has 7 nitrogen and oxygen atoms in total. The lowest BCUT2D eigenvalue weighted by atomic mass is 10.2. The van der Waals surface area contributed by atoms with E-state index >= 15 is 0 Å². The molecule has 0 spiro atoms. The maximum absolute atomic E-state index is 12.1. The van der Waals surface area contributed by atoms with Crippen LogP contribution in [0.25, 0.3) is 0 Å². The number of amides is 1. The zero-order valence-corrected chi connectivity index (χ0v) is 10.8. The molecule has 2 aromatic rings. The van der Waals surface area contributed by atoms with Gasteiger partial charge in [-0.25, -0.2) is 4.98 Å². The van der Waals surface area contributed by atoms with Crippen LogP contribution < -0.4 is 5.32 Å². The molecule has 0 saturated heterocycles. The Hall–Kier alpha value is -2.72. The van der Waals surface area contributed by atoms with Crippen LogP contribution in [0.15, 0.2) is 22.9 Å². The summed E-state index contributed by atoms with van der Waals surface area (Å²) in [5, 5.41) is 14.7. The molecule has 0 saturated carbocycles. The molecule has 0 radical (unpaired) electrons. The highest BCUT2D eigenvalue weighted by Gasteiger charge is 2.14. The Kier molecular flexibility index (Phi) is 4.42. The van der Waals surface area contributed by atoms with Crippen molar-refractivity contribution in [2.24, 2.45) is 0 Å². The molecule has 0 unspecified atom stereocenters. The van der Waals surface area contributed by atoms with E-state index in [-0.39, 0.29) is 18.3 Å². The molecule has 7 heteroatoms. The maximum atomic E-state index is 12.1. The van der Waals surface area contributed by atoms with Gasteiger partial charge in [0.2, 0.25) is 0 Å². The Labute approximate surface area is 115 Å². The van der Waals surface area contributed by atoms with Crippen LogP contribution in [0.2, 0.25) is 0 Å². The van der Waals surface area contributed by atoms with Crippen LogP contribution in [0.5, 0.6) is 0 Å². The number of aromatic nitrogens is 3. The van der Waals surface area contributed by atoms with Crippen molar-refractivity contribution in [3.63, 3.8) is 0 Å². The predicted molar refractivity (Wildman–Crippen MR) is 69.8 cm³/mol. The van der Waals surface area contributed by atoms with E-state index in [4.69, 9.17) is 9.63 Å². The third kappa shape index (κ3) is 3.40. The van der Waals surface area contributed by atoms with E-state index < -0.39 is 5.91 Å². The highest BCUT2D eigenvalue weighted by atomic mass is 16.5. The van der Waals surface area contributed by atoms with E-state index in [1.165, 1.54) is 6.20 Å². The molecular formula is C13H12N4O3. The van der Waals surface area contributed by atoms with Gasteiger partial charge in [-0.1, -0.05) is 17.0 Å². The van der Waals surface area contributed by atoms with Gasteiger partial charge in [0.25, 0.3) is 5.91 Å². The SMILES string of the molecule is Cc1noc(NC(=O)c2ncccc2C#CCCO)n1. The van der Waals surface area contributed by atoms with E-state index in [1.54, 1.807) is 19.1 Å². The van der Waals surface area contributed by atoms with Crippen LogP contribution in [0.3, 0.4) is 0 Å². The minimum absolute atomic E-state index is 0.00687. The van der Waals surface area contributed by atoms with Crippen molar-refractivity contribution in [3.8, 4) is 11.8 Å². The summed E-state index contributed by atoms with van der Waals surface area (Å²) in [6, 6.07) is 3.36. The zero-order valence-electron chi connectivity index (χ0n) is 10.8. The van der Waals surface area contributed by atoms with Gasteiger partial charge in [0.05, 0.1) is 12.2 Å². The molecule has 2 N–H and O–H groups in total. The Morgan fingerprint density at radius 1 is 1.55 bits per heavy atom. The Morgan fingerprint density at radius 2 is 2.40 bits per heavy atom. The van der Waals surface area contributed by atoms with E-state index in [0.717, 1.165) is 0 Å². The van der Waals surface area contributed by atoms with E-state index in [2.05, 4.69) is 32.3 Å². The fraction of sp³-hybridized carbons (Fsp3) is 0.231. The van der Waals surface area contributed by atoms with E-state index in [1.807, 2.05) is 0 Å². The van der Waals surface area contributed by atoms with Crippen LogP contribution >= 0.6 is 0 Å². The summed E-state index contributed by atoms with van der Waals surface area (Å²) < 4.78 is 4.80. The Morgan fingerprint density at radius 3 is 3.10 bits per heavy atom. The average molecular weight is 272 g/mol. The Balaban J connectivity index is 2.19. The molecule has 0 aromatic carbocycles. The molecule has 2 heterocycles. The number of rotatable bonds is 3. The molecule has 0 aliphatic heterocycles. The molecule has 2 rings (SSSR count). The standard InChI is InChI=1S/C13H12N4O3/c1-9-15-13(20-17-9)16-12(19)11-10(5-2-3-8-18)6-4-7-14-11/h4,6-7,18H,3,8H2,1H3,(H,15,16,17,19). The van der Waals surface area contributed by atoms with Gasteiger partial charge in [-0.3, -0.25) is 10.1 Å². The molecule has 1 amide bonds. The molecule has 0 aliphatic rings. The molecule has 20 heavy (non-hydrogen) atoms. The summed E-state index contributed by atoms with van der Waals surface area (Å²) in [7, 11) is 0. The van der Waals surface area contributed by atoms with Gasteiger partial charge in [0.15, 0.2) is 5.82 Å². The highest BCUT2D eigenvalue weighted by Crippen LogP contribution is 2.08. The van der Waals surface area contributed by atoms with Gasteiger partial charge in [-0.05, 0) is 19.1 Å². The second-order valence-electron chi connectivity index (χ2n) is 3.78.